The second-order valence-corrected chi connectivity index (χ2v) is 15.6. The first-order valence-corrected chi connectivity index (χ1v) is 23.7. The Morgan fingerprint density at radius 2 is 1.07 bits per heavy atom. The summed E-state index contributed by atoms with van der Waals surface area (Å²) in [7, 11) is 8.09. The number of nitrogens with zero attached hydrogens (tertiary/aromatic N) is 2. The lowest BCUT2D eigenvalue weighted by Gasteiger charge is -2.21. The molecule has 1 atom stereocenters. The van der Waals surface area contributed by atoms with Crippen molar-refractivity contribution >= 4 is 0 Å². The van der Waals surface area contributed by atoms with Crippen molar-refractivity contribution in [2.24, 2.45) is 34.4 Å². The highest BCUT2D eigenvalue weighted by molar-refractivity contribution is 4.71. The predicted octanol–water partition coefficient (Wildman–Crippen LogP) is 2.73. The molecule has 3 saturated carbocycles. The highest BCUT2D eigenvalue weighted by atomic mass is 16.3. The lowest BCUT2D eigenvalue weighted by molar-refractivity contribution is 0.203. The first-order valence-electron chi connectivity index (χ1n) is 23.7. The second kappa shape index (κ2) is 60.7. The van der Waals surface area contributed by atoms with Gasteiger partial charge in [0.2, 0.25) is 0 Å². The maximum Gasteiger partial charge on any atom is 0.0634 e. The van der Waals surface area contributed by atoms with Crippen molar-refractivity contribution in [3.8, 4) is 0 Å². The third kappa shape index (κ3) is 67.2. The zero-order valence-electron chi connectivity index (χ0n) is 40.2. The standard InChI is InChI=1S/C8H17N.C7H18N2.C7H15N.C6H13N.C5H14N2.C4H12N2O.C4H12N2.C3H9NO/c1-2-9-8-6-4-3-5-7-8;1-3-9(4-2)7-5-6-8;1-8-7-5-3-2-4-6-7;7-6-4-2-1-3-5-6;1-7(2)5-3-4-6;5-1-2-6-3-4-7;1-6-4-2-3-5;1-3(5)2-4/h8-9H,2-7H2,1H3;3-8H2,1-2H3;7-8H,2-6H2,1H3;6H,1-5,7H2;3-6H2,1-2H3;6-7H,1-5H2;6H,2-5H2,1H3;3,5H,2,4H2,1H3. The van der Waals surface area contributed by atoms with Crippen LogP contribution < -0.4 is 55.7 Å². The second-order valence-electron chi connectivity index (χ2n) is 15.6. The molecule has 58 heavy (non-hydrogen) atoms. The van der Waals surface area contributed by atoms with Crippen LogP contribution in [0.4, 0.5) is 0 Å². The van der Waals surface area contributed by atoms with Crippen molar-refractivity contribution in [2.75, 3.05) is 120 Å². The monoisotopic (exact) mass is 839 g/mol. The Hall–Kier alpha value is -0.560. The third-order valence-electron chi connectivity index (χ3n) is 9.73. The van der Waals surface area contributed by atoms with Crippen LogP contribution in [0.3, 0.4) is 0 Å². The highest BCUT2D eigenvalue weighted by Gasteiger charge is 2.11. The summed E-state index contributed by atoms with van der Waals surface area (Å²) in [4.78, 5) is 4.51. The number of hydrogen-bond donors (Lipinski definition) is 12. The molecule has 3 aliphatic rings. The molecule has 0 bridgehead atoms. The van der Waals surface area contributed by atoms with E-state index in [4.69, 9.17) is 44.6 Å². The summed E-state index contributed by atoms with van der Waals surface area (Å²) in [6.07, 6.45) is 23.9. The van der Waals surface area contributed by atoms with Gasteiger partial charge in [-0.2, -0.15) is 0 Å². The van der Waals surface area contributed by atoms with Crippen LogP contribution in [0, 0.1) is 0 Å². The minimum atomic E-state index is -0.338. The Balaban J connectivity index is -0.000000186. The van der Waals surface area contributed by atoms with E-state index in [1.165, 1.54) is 96.3 Å². The maximum absolute atomic E-state index is 8.24. The van der Waals surface area contributed by atoms with Crippen LogP contribution in [0.5, 0.6) is 0 Å². The fraction of sp³-hybridized carbons (Fsp3) is 1.00. The Bertz CT molecular complexity index is 639. The van der Waals surface area contributed by atoms with Gasteiger partial charge in [-0.1, -0.05) is 78.6 Å². The zero-order chi connectivity index (χ0) is 44.9. The van der Waals surface area contributed by atoms with Gasteiger partial charge >= 0.3 is 0 Å². The van der Waals surface area contributed by atoms with Crippen molar-refractivity contribution in [1.82, 2.24) is 31.1 Å². The zero-order valence-corrected chi connectivity index (χ0v) is 40.2. The molecule has 3 rings (SSSR count). The fourth-order valence-corrected chi connectivity index (χ4v) is 5.97. The van der Waals surface area contributed by atoms with Crippen LogP contribution in [0.25, 0.3) is 0 Å². The lowest BCUT2D eigenvalue weighted by Crippen LogP contribution is -2.30. The molecule has 0 spiro atoms. The smallest absolute Gasteiger partial charge is 0.0634 e. The summed E-state index contributed by atoms with van der Waals surface area (Å²) in [5.41, 5.74) is 31.5. The van der Waals surface area contributed by atoms with Crippen molar-refractivity contribution < 1.29 is 10.2 Å². The maximum atomic E-state index is 8.24. The molecule has 358 valence electrons. The minimum Gasteiger partial charge on any atom is -0.395 e. The first-order chi connectivity index (χ1) is 28.0. The molecular weight excluding hydrogens is 729 g/mol. The first kappa shape index (κ1) is 66.5. The average Bonchev–Trinajstić information content (AvgIpc) is 3.25. The Kier molecular flexibility index (Phi) is 69.7. The van der Waals surface area contributed by atoms with Gasteiger partial charge in [0.25, 0.3) is 0 Å². The van der Waals surface area contributed by atoms with E-state index >= 15 is 0 Å². The van der Waals surface area contributed by atoms with Crippen molar-refractivity contribution in [3.63, 3.8) is 0 Å². The number of nitrogens with two attached hydrogens (primary N) is 6. The van der Waals surface area contributed by atoms with Crippen molar-refractivity contribution in [1.29, 1.82) is 0 Å². The molecule has 0 aromatic heterocycles. The van der Waals surface area contributed by atoms with Crippen LogP contribution in [0.1, 0.15) is 143 Å². The molecule has 0 saturated heterocycles. The van der Waals surface area contributed by atoms with Gasteiger partial charge < -0.3 is 75.7 Å². The van der Waals surface area contributed by atoms with E-state index in [0.717, 1.165) is 96.8 Å². The van der Waals surface area contributed by atoms with Gasteiger partial charge in [-0.3, -0.25) is 0 Å². The molecule has 0 radical (unpaired) electrons. The molecule has 18 N–H and O–H groups in total. The molecular formula is C44H110N12O2. The van der Waals surface area contributed by atoms with Crippen LogP contribution >= 0.6 is 0 Å². The van der Waals surface area contributed by atoms with E-state index in [2.05, 4.69) is 73.0 Å². The molecule has 14 nitrogen and oxygen atoms in total. The van der Waals surface area contributed by atoms with Gasteiger partial charge in [-0.05, 0) is 152 Å². The molecule has 0 aromatic carbocycles. The molecule has 1 unspecified atom stereocenters. The van der Waals surface area contributed by atoms with Gasteiger partial charge in [-0.25, -0.2) is 0 Å². The van der Waals surface area contributed by atoms with E-state index in [1.54, 1.807) is 6.92 Å². The van der Waals surface area contributed by atoms with Gasteiger partial charge in [0.05, 0.1) is 12.7 Å². The lowest BCUT2D eigenvalue weighted by atomic mass is 9.96. The summed E-state index contributed by atoms with van der Waals surface area (Å²) in [5, 5.41) is 29.1. The van der Waals surface area contributed by atoms with E-state index in [9.17, 15) is 0 Å². The Morgan fingerprint density at radius 3 is 1.33 bits per heavy atom. The fourth-order valence-electron chi connectivity index (χ4n) is 5.97. The molecule has 0 heterocycles. The SMILES string of the molecule is CC(O)CN.CCN(CC)CCCN.CCNC1CCCCC1.CN(C)CCCN.CNC1CCCCC1.CNCCCN.NC1CCCCC1.NCCNCCO. The van der Waals surface area contributed by atoms with Crippen LogP contribution in [0.15, 0.2) is 0 Å². The molecule has 0 aromatic rings. The number of nitrogens with one attached hydrogen (secondary N) is 4. The quantitative estimate of drug-likeness (QED) is 0.0837. The predicted molar refractivity (Wildman–Crippen MR) is 259 cm³/mol. The summed E-state index contributed by atoms with van der Waals surface area (Å²) in [6, 6.07) is 2.22. The van der Waals surface area contributed by atoms with E-state index in [1.807, 2.05) is 7.05 Å². The largest absolute Gasteiger partial charge is 0.395 e. The average molecular weight is 839 g/mol. The van der Waals surface area contributed by atoms with Crippen LogP contribution in [0.2, 0.25) is 0 Å². The minimum absolute atomic E-state index is 0.194. The summed E-state index contributed by atoms with van der Waals surface area (Å²) in [5.74, 6) is 0. The molecule has 3 aliphatic carbocycles. The Morgan fingerprint density at radius 1 is 0.621 bits per heavy atom. The molecule has 0 aliphatic heterocycles. The third-order valence-corrected chi connectivity index (χ3v) is 9.73. The molecule has 3 fully saturated rings. The number of hydrogen-bond acceptors (Lipinski definition) is 14. The number of aliphatic hydroxyl groups excluding tert-OH is 2. The van der Waals surface area contributed by atoms with Gasteiger partial charge in [0.15, 0.2) is 0 Å². The van der Waals surface area contributed by atoms with Gasteiger partial charge in [-0.15, -0.1) is 0 Å². The van der Waals surface area contributed by atoms with Crippen LogP contribution in [-0.2, 0) is 0 Å². The summed E-state index contributed by atoms with van der Waals surface area (Å²) in [6.45, 7) is 20.0. The van der Waals surface area contributed by atoms with Gasteiger partial charge in [0.1, 0.15) is 0 Å². The normalized spacial score (nSPS) is 16.0. The van der Waals surface area contributed by atoms with E-state index in [0.29, 0.717) is 25.7 Å². The molecule has 14 heteroatoms. The molecule has 0 amide bonds. The topological polar surface area (TPSA) is 251 Å². The van der Waals surface area contributed by atoms with E-state index in [-0.39, 0.29) is 12.7 Å². The van der Waals surface area contributed by atoms with Crippen molar-refractivity contribution in [2.45, 2.75) is 167 Å². The number of rotatable bonds is 19. The summed E-state index contributed by atoms with van der Waals surface area (Å²) < 4.78 is 0. The summed E-state index contributed by atoms with van der Waals surface area (Å²) >= 11 is 0. The van der Waals surface area contributed by atoms with Gasteiger partial charge in [0, 0.05) is 44.3 Å². The highest BCUT2D eigenvalue weighted by Crippen LogP contribution is 2.17. The number of aliphatic hydroxyl groups is 2. The van der Waals surface area contributed by atoms with E-state index < -0.39 is 0 Å². The van der Waals surface area contributed by atoms with Crippen LogP contribution in [-0.4, -0.2) is 164 Å². The Labute approximate surface area is 362 Å². The van der Waals surface area contributed by atoms with Crippen molar-refractivity contribution in [3.05, 3.63) is 0 Å².